The maximum absolute atomic E-state index is 13.0. The first-order valence-electron chi connectivity index (χ1n) is 12.5. The molecule has 0 fully saturated rings. The third-order valence-electron chi connectivity index (χ3n) is 5.96. The molecule has 0 spiro atoms. The number of H-pyrrole nitrogens is 1. The zero-order valence-corrected chi connectivity index (χ0v) is 23.7. The summed E-state index contributed by atoms with van der Waals surface area (Å²) in [5.74, 6) is 1.39. The van der Waals surface area contributed by atoms with Crippen molar-refractivity contribution in [3.05, 3.63) is 129 Å². The van der Waals surface area contributed by atoms with Crippen LogP contribution in [-0.4, -0.2) is 28.0 Å². The van der Waals surface area contributed by atoms with Gasteiger partial charge >= 0.3 is 0 Å². The van der Waals surface area contributed by atoms with E-state index in [2.05, 4.69) is 25.1 Å². The van der Waals surface area contributed by atoms with Crippen molar-refractivity contribution < 1.29 is 14.3 Å². The van der Waals surface area contributed by atoms with E-state index >= 15 is 0 Å². The van der Waals surface area contributed by atoms with E-state index in [1.807, 2.05) is 12.1 Å². The van der Waals surface area contributed by atoms with Crippen LogP contribution in [0.2, 0.25) is 5.02 Å². The number of aromatic amines is 1. The van der Waals surface area contributed by atoms with Crippen LogP contribution in [-0.2, 0) is 5.75 Å². The van der Waals surface area contributed by atoms with Gasteiger partial charge in [0.15, 0.2) is 5.16 Å². The summed E-state index contributed by atoms with van der Waals surface area (Å²) in [5.41, 5.74) is 2.12. The number of hydrogen-bond acceptors (Lipinski definition) is 7. The van der Waals surface area contributed by atoms with Crippen molar-refractivity contribution in [1.82, 2.24) is 15.0 Å². The summed E-state index contributed by atoms with van der Waals surface area (Å²) in [4.78, 5) is 40.5. The van der Waals surface area contributed by atoms with Crippen molar-refractivity contribution in [3.63, 3.8) is 0 Å². The topological polar surface area (TPSA) is 111 Å². The van der Waals surface area contributed by atoms with E-state index < -0.39 is 5.56 Å². The Morgan fingerprint density at radius 3 is 2.57 bits per heavy atom. The molecule has 5 rings (SSSR count). The fraction of sp³-hybridized carbons (Fsp3) is 0.0645. The second kappa shape index (κ2) is 13.0. The summed E-state index contributed by atoms with van der Waals surface area (Å²) in [6.07, 6.45) is 1.55. The normalized spacial score (nSPS) is 10.5. The van der Waals surface area contributed by atoms with Crippen LogP contribution in [0.4, 0.5) is 11.4 Å². The SMILES string of the molecule is [C-]#[N+]c1c(-c2cccc(OC)c2)nc(SCc2ccc(NC(=O)c3cccnc3Oc3ccc(Cl)cc3)cc2)[nH]c1=O. The van der Waals surface area contributed by atoms with E-state index in [0.717, 1.165) is 5.56 Å². The molecule has 2 heterocycles. The minimum absolute atomic E-state index is 0.0805. The van der Waals surface area contributed by atoms with Gasteiger partial charge in [0.05, 0.1) is 19.4 Å². The van der Waals surface area contributed by atoms with Crippen molar-refractivity contribution in [3.8, 4) is 28.6 Å². The number of carbonyl (C=O) groups excluding carboxylic acids is 1. The molecule has 0 saturated heterocycles. The standard InChI is InChI=1S/C31H22ClN5O4S/c1-33-27-26(20-5-3-6-24(17-20)40-2)36-31(37-29(27)39)42-18-19-8-12-22(13-9-19)35-28(38)25-7-4-16-34-30(25)41-23-14-10-21(32)11-15-23/h3-17H,18H2,2H3,(H,35,38)(H,36,37,39). The molecule has 0 aliphatic carbocycles. The summed E-state index contributed by atoms with van der Waals surface area (Å²) in [6.45, 7) is 7.45. The van der Waals surface area contributed by atoms with Crippen LogP contribution in [0, 0.1) is 6.57 Å². The minimum Gasteiger partial charge on any atom is -0.497 e. The molecule has 9 nitrogen and oxygen atoms in total. The van der Waals surface area contributed by atoms with Crippen LogP contribution in [0.3, 0.4) is 0 Å². The van der Waals surface area contributed by atoms with Crippen LogP contribution < -0.4 is 20.3 Å². The number of rotatable bonds is 9. The number of ether oxygens (including phenoxy) is 2. The molecule has 1 amide bonds. The van der Waals surface area contributed by atoms with Crippen molar-refractivity contribution in [2.75, 3.05) is 12.4 Å². The highest BCUT2D eigenvalue weighted by Crippen LogP contribution is 2.31. The van der Waals surface area contributed by atoms with Gasteiger partial charge in [-0.05, 0) is 71.8 Å². The van der Waals surface area contributed by atoms with Gasteiger partial charge in [-0.2, -0.15) is 0 Å². The van der Waals surface area contributed by atoms with E-state index in [1.165, 1.54) is 11.8 Å². The van der Waals surface area contributed by atoms with Gasteiger partial charge in [0, 0.05) is 22.7 Å². The number of hydrogen-bond donors (Lipinski definition) is 2. The number of nitrogens with zero attached hydrogens (tertiary/aromatic N) is 3. The molecule has 5 aromatic rings. The van der Waals surface area contributed by atoms with Gasteiger partial charge in [-0.25, -0.2) is 14.8 Å². The Hall–Kier alpha value is -5.11. The van der Waals surface area contributed by atoms with Gasteiger partial charge in [-0.1, -0.05) is 47.6 Å². The summed E-state index contributed by atoms with van der Waals surface area (Å²) < 4.78 is 11.1. The predicted molar refractivity (Wildman–Crippen MR) is 163 cm³/mol. The largest absolute Gasteiger partial charge is 0.497 e. The van der Waals surface area contributed by atoms with Gasteiger partial charge in [0.1, 0.15) is 17.1 Å². The molecule has 2 aromatic heterocycles. The maximum Gasteiger partial charge on any atom is 0.276 e. The van der Waals surface area contributed by atoms with Gasteiger partial charge in [0.2, 0.25) is 5.88 Å². The van der Waals surface area contributed by atoms with E-state index in [9.17, 15) is 9.59 Å². The van der Waals surface area contributed by atoms with E-state index in [0.29, 0.717) is 44.4 Å². The Balaban J connectivity index is 1.26. The van der Waals surface area contributed by atoms with Crippen molar-refractivity contribution in [2.45, 2.75) is 10.9 Å². The Morgan fingerprint density at radius 2 is 1.83 bits per heavy atom. The lowest BCUT2D eigenvalue weighted by Crippen LogP contribution is -2.13. The average molecular weight is 596 g/mol. The van der Waals surface area contributed by atoms with Crippen molar-refractivity contribution >= 4 is 40.6 Å². The first-order chi connectivity index (χ1) is 20.4. The molecule has 2 N–H and O–H groups in total. The number of halogens is 1. The second-order valence-electron chi connectivity index (χ2n) is 8.76. The highest BCUT2D eigenvalue weighted by molar-refractivity contribution is 7.98. The fourth-order valence-electron chi connectivity index (χ4n) is 3.88. The van der Waals surface area contributed by atoms with Crippen LogP contribution >= 0.6 is 23.4 Å². The lowest BCUT2D eigenvalue weighted by atomic mass is 10.1. The summed E-state index contributed by atoms with van der Waals surface area (Å²) >= 11 is 7.26. The monoisotopic (exact) mass is 595 g/mol. The Labute approximate surface area is 250 Å². The molecule has 0 saturated carbocycles. The van der Waals surface area contributed by atoms with Crippen molar-refractivity contribution in [1.29, 1.82) is 0 Å². The molecule has 3 aromatic carbocycles. The predicted octanol–water partition coefficient (Wildman–Crippen LogP) is 7.38. The molecule has 0 aliphatic rings. The highest BCUT2D eigenvalue weighted by atomic mass is 35.5. The number of thioether (sulfide) groups is 1. The molecule has 0 aliphatic heterocycles. The zero-order valence-electron chi connectivity index (χ0n) is 22.1. The molecule has 0 bridgehead atoms. The molecule has 11 heteroatoms. The van der Waals surface area contributed by atoms with Gasteiger partial charge in [0.25, 0.3) is 17.2 Å². The van der Waals surface area contributed by atoms with E-state index in [1.54, 1.807) is 86.1 Å². The molecule has 0 atom stereocenters. The smallest absolute Gasteiger partial charge is 0.276 e. The first kappa shape index (κ1) is 28.4. The highest BCUT2D eigenvalue weighted by Gasteiger charge is 2.16. The number of anilines is 1. The van der Waals surface area contributed by atoms with Crippen LogP contribution in [0.25, 0.3) is 16.1 Å². The van der Waals surface area contributed by atoms with Gasteiger partial charge in [-0.3, -0.25) is 9.59 Å². The number of aromatic nitrogens is 3. The maximum atomic E-state index is 13.0. The zero-order chi connectivity index (χ0) is 29.5. The number of carbonyl (C=O) groups is 1. The third kappa shape index (κ3) is 6.78. The Bertz CT molecular complexity index is 1840. The van der Waals surface area contributed by atoms with Gasteiger partial charge < -0.3 is 19.8 Å². The second-order valence-corrected chi connectivity index (χ2v) is 10.2. The fourth-order valence-corrected chi connectivity index (χ4v) is 4.83. The quantitative estimate of drug-likeness (QED) is 0.104. The average Bonchev–Trinajstić information content (AvgIpc) is 3.02. The summed E-state index contributed by atoms with van der Waals surface area (Å²) in [5, 5.41) is 3.82. The number of methoxy groups -OCH3 is 1. The Kier molecular flexibility index (Phi) is 8.82. The Morgan fingerprint density at radius 1 is 1.05 bits per heavy atom. The molecular weight excluding hydrogens is 574 g/mol. The number of amides is 1. The van der Waals surface area contributed by atoms with E-state index in [4.69, 9.17) is 27.6 Å². The number of benzene rings is 3. The molecule has 0 unspecified atom stereocenters. The first-order valence-corrected chi connectivity index (χ1v) is 13.9. The molecule has 0 radical (unpaired) electrons. The van der Waals surface area contributed by atoms with Crippen LogP contribution in [0.5, 0.6) is 17.4 Å². The van der Waals surface area contributed by atoms with Crippen LogP contribution in [0.1, 0.15) is 15.9 Å². The number of pyridine rings is 1. The van der Waals surface area contributed by atoms with Crippen LogP contribution in [0.15, 0.2) is 101 Å². The third-order valence-corrected chi connectivity index (χ3v) is 7.16. The van der Waals surface area contributed by atoms with E-state index in [-0.39, 0.29) is 23.0 Å². The summed E-state index contributed by atoms with van der Waals surface area (Å²) in [7, 11) is 1.55. The molecular formula is C31H22ClN5O4S. The molecule has 42 heavy (non-hydrogen) atoms. The minimum atomic E-state index is -0.506. The van der Waals surface area contributed by atoms with Crippen molar-refractivity contribution in [2.24, 2.45) is 0 Å². The van der Waals surface area contributed by atoms with Gasteiger partial charge in [-0.15, -0.1) is 0 Å². The lowest BCUT2D eigenvalue weighted by Gasteiger charge is -2.11. The number of nitrogens with one attached hydrogen (secondary N) is 2. The lowest BCUT2D eigenvalue weighted by molar-refractivity contribution is 0.102. The molecule has 208 valence electrons. The summed E-state index contributed by atoms with van der Waals surface area (Å²) in [6, 6.07) is 24.4.